The van der Waals surface area contributed by atoms with Crippen LogP contribution in [0.2, 0.25) is 0 Å². The van der Waals surface area contributed by atoms with Crippen molar-refractivity contribution in [3.8, 4) is 0 Å². The average Bonchev–Trinajstić information content (AvgIpc) is 3.43. The number of aliphatic hydroxyl groups is 23. The van der Waals surface area contributed by atoms with Crippen molar-refractivity contribution in [2.75, 3.05) is 46.2 Å². The summed E-state index contributed by atoms with van der Waals surface area (Å²) in [7, 11) is 0. The number of hydrogen-bond donors (Lipinski definition) is 23. The zero-order chi connectivity index (χ0) is 57.3. The van der Waals surface area contributed by atoms with E-state index in [2.05, 4.69) is 0 Å². The Labute approximate surface area is 439 Å². The summed E-state index contributed by atoms with van der Waals surface area (Å²) in [4.78, 5) is 0. The lowest BCUT2D eigenvalue weighted by molar-refractivity contribution is -0.420. The Kier molecular flexibility index (Phi) is 22.6. The molecule has 7 aliphatic heterocycles. The summed E-state index contributed by atoms with van der Waals surface area (Å²) in [5, 5.41) is 246. The van der Waals surface area contributed by atoms with Gasteiger partial charge in [-0.25, -0.2) is 0 Å². The van der Waals surface area contributed by atoms with Crippen LogP contribution in [0.4, 0.5) is 0 Å². The standard InChI is InChI=1S/C42H72O36/c43-1-8-16(51)23(58)30(36(65)66-8)73-38-32(25(60)18(53)10(3-45)68-38)75-40-34(27(62)20(55)12(5-47)70-40)77-42-35(28(63)21(56)14(7-49)72-42)78-41-33(26(61)19(54)13(6-48)71-41)76-39-31(24(59)17(52)11(4-46)69-39)74-37-29(64)22(57)15(50)9(2-44)67-37/h8-65H,1-7H2/t8-,9-,10-,11-,12-,13-,14-,15-,16-,17-,18-,19-,20-,21-,22+,23+,24+,25+,26+,27+,28+,29+,30+,31+,32+,33+,34+,35+,36?,37-,38-,39+,40+,41+,42+/m1/s1. The van der Waals surface area contributed by atoms with Crippen molar-refractivity contribution in [2.24, 2.45) is 0 Å². The fourth-order valence-corrected chi connectivity index (χ4v) is 9.88. The van der Waals surface area contributed by atoms with Crippen molar-refractivity contribution >= 4 is 0 Å². The third-order valence-electron chi connectivity index (χ3n) is 14.6. The predicted molar refractivity (Wildman–Crippen MR) is 232 cm³/mol. The normalized spacial score (nSPS) is 53.5. The molecule has 7 heterocycles. The highest BCUT2D eigenvalue weighted by atomic mass is 16.8. The predicted octanol–water partition coefficient (Wildman–Crippen LogP) is -16.3. The van der Waals surface area contributed by atoms with Crippen LogP contribution in [-0.2, 0) is 61.6 Å². The Morgan fingerprint density at radius 2 is 0.372 bits per heavy atom. The lowest BCUT2D eigenvalue weighted by atomic mass is 9.95. The van der Waals surface area contributed by atoms with E-state index in [-0.39, 0.29) is 0 Å². The Hall–Kier alpha value is -1.44. The van der Waals surface area contributed by atoms with E-state index in [1.807, 2.05) is 0 Å². The Morgan fingerprint density at radius 1 is 0.192 bits per heavy atom. The van der Waals surface area contributed by atoms with Gasteiger partial charge >= 0.3 is 0 Å². The number of ether oxygens (including phenoxy) is 13. The van der Waals surface area contributed by atoms with Crippen LogP contribution in [0.1, 0.15) is 0 Å². The molecular formula is C42H72O36. The Bertz CT molecular complexity index is 1820. The molecule has 0 aromatic heterocycles. The summed E-state index contributed by atoms with van der Waals surface area (Å²) in [6.45, 7) is -7.18. The van der Waals surface area contributed by atoms with Crippen LogP contribution in [0.15, 0.2) is 0 Å². The van der Waals surface area contributed by atoms with E-state index in [9.17, 15) is 117 Å². The monoisotopic (exact) mass is 1150 g/mol. The van der Waals surface area contributed by atoms with Crippen LogP contribution in [-0.4, -0.2) is 379 Å². The molecule has 456 valence electrons. The minimum Gasteiger partial charge on any atom is -0.394 e. The highest BCUT2D eigenvalue weighted by Gasteiger charge is 2.59. The molecule has 7 fully saturated rings. The van der Waals surface area contributed by atoms with Gasteiger partial charge in [-0.05, 0) is 0 Å². The molecule has 0 aromatic rings. The highest BCUT2D eigenvalue weighted by Crippen LogP contribution is 2.39. The van der Waals surface area contributed by atoms with Crippen molar-refractivity contribution < 1.29 is 179 Å². The number of rotatable bonds is 19. The van der Waals surface area contributed by atoms with E-state index in [0.29, 0.717) is 0 Å². The van der Waals surface area contributed by atoms with E-state index >= 15 is 0 Å². The van der Waals surface area contributed by atoms with Crippen molar-refractivity contribution in [2.45, 2.75) is 215 Å². The van der Waals surface area contributed by atoms with Crippen LogP contribution in [0.5, 0.6) is 0 Å². The van der Waals surface area contributed by atoms with Gasteiger partial charge in [0, 0.05) is 0 Å². The molecule has 0 spiro atoms. The molecule has 7 rings (SSSR count). The molecule has 36 heteroatoms. The van der Waals surface area contributed by atoms with Crippen LogP contribution in [0, 0.1) is 0 Å². The molecule has 35 atom stereocenters. The first-order valence-electron chi connectivity index (χ1n) is 24.7. The second-order valence-corrected chi connectivity index (χ2v) is 19.6. The summed E-state index contributed by atoms with van der Waals surface area (Å²) in [6, 6.07) is 0. The van der Waals surface area contributed by atoms with Gasteiger partial charge in [0.05, 0.1) is 46.2 Å². The van der Waals surface area contributed by atoms with Crippen LogP contribution < -0.4 is 0 Å². The zero-order valence-electron chi connectivity index (χ0n) is 40.8. The molecule has 0 radical (unpaired) electrons. The number of aliphatic hydroxyl groups excluding tert-OH is 23. The maximum atomic E-state index is 11.7. The molecule has 0 amide bonds. The van der Waals surface area contributed by atoms with Crippen LogP contribution in [0.3, 0.4) is 0 Å². The zero-order valence-corrected chi connectivity index (χ0v) is 40.8. The molecule has 0 aliphatic carbocycles. The molecule has 0 saturated carbocycles. The van der Waals surface area contributed by atoms with Crippen LogP contribution >= 0.6 is 0 Å². The molecule has 23 N–H and O–H groups in total. The van der Waals surface area contributed by atoms with E-state index < -0.39 is 261 Å². The summed E-state index contributed by atoms with van der Waals surface area (Å²) in [5.74, 6) is 0. The van der Waals surface area contributed by atoms with Gasteiger partial charge in [0.2, 0.25) is 0 Å². The second kappa shape index (κ2) is 27.5. The van der Waals surface area contributed by atoms with E-state index in [0.717, 1.165) is 0 Å². The van der Waals surface area contributed by atoms with Gasteiger partial charge in [-0.15, -0.1) is 0 Å². The van der Waals surface area contributed by atoms with Crippen LogP contribution in [0.25, 0.3) is 0 Å². The maximum absolute atomic E-state index is 11.7. The smallest absolute Gasteiger partial charge is 0.187 e. The van der Waals surface area contributed by atoms with Crippen molar-refractivity contribution in [3.05, 3.63) is 0 Å². The summed E-state index contributed by atoms with van der Waals surface area (Å²) in [6.07, 6.45) is -72.5. The van der Waals surface area contributed by atoms with Gasteiger partial charge in [-0.1, -0.05) is 0 Å². The molecule has 7 saturated heterocycles. The second-order valence-electron chi connectivity index (χ2n) is 19.6. The van der Waals surface area contributed by atoms with E-state index in [1.165, 1.54) is 0 Å². The maximum Gasteiger partial charge on any atom is 0.187 e. The van der Waals surface area contributed by atoms with Gasteiger partial charge in [0.1, 0.15) is 171 Å². The first kappa shape index (κ1) is 64.1. The third-order valence-corrected chi connectivity index (χ3v) is 14.6. The quantitative estimate of drug-likeness (QED) is 0.0571. The minimum absolute atomic E-state index is 0.890. The van der Waals surface area contributed by atoms with Gasteiger partial charge in [0.25, 0.3) is 0 Å². The largest absolute Gasteiger partial charge is 0.394 e. The van der Waals surface area contributed by atoms with Gasteiger partial charge in [-0.2, -0.15) is 0 Å². The van der Waals surface area contributed by atoms with Gasteiger partial charge in [-0.3, -0.25) is 0 Å². The summed E-state index contributed by atoms with van der Waals surface area (Å²) in [5.41, 5.74) is 0. The highest BCUT2D eigenvalue weighted by molar-refractivity contribution is 5.01. The van der Waals surface area contributed by atoms with Gasteiger partial charge in [0.15, 0.2) is 44.0 Å². The number of hydrogen-bond acceptors (Lipinski definition) is 36. The molecule has 36 nitrogen and oxygen atoms in total. The summed E-state index contributed by atoms with van der Waals surface area (Å²) >= 11 is 0. The van der Waals surface area contributed by atoms with E-state index in [4.69, 9.17) is 61.6 Å². The molecule has 0 bridgehead atoms. The van der Waals surface area contributed by atoms with Crippen molar-refractivity contribution in [1.29, 1.82) is 0 Å². The molecule has 7 aliphatic rings. The van der Waals surface area contributed by atoms with E-state index in [1.54, 1.807) is 0 Å². The Balaban J connectivity index is 1.20. The minimum atomic E-state index is -2.34. The molecule has 0 aromatic carbocycles. The average molecular weight is 1150 g/mol. The molecular weight excluding hydrogens is 1080 g/mol. The molecule has 1 unspecified atom stereocenters. The lowest BCUT2D eigenvalue weighted by Gasteiger charge is -2.51. The first-order valence-corrected chi connectivity index (χ1v) is 24.7. The fraction of sp³-hybridized carbons (Fsp3) is 1.00. The first-order chi connectivity index (χ1) is 37.0. The summed E-state index contributed by atoms with van der Waals surface area (Å²) < 4.78 is 74.3. The fourth-order valence-electron chi connectivity index (χ4n) is 9.88. The topological polar surface area (TPSA) is 585 Å². The third kappa shape index (κ3) is 12.9. The van der Waals surface area contributed by atoms with Crippen molar-refractivity contribution in [1.82, 2.24) is 0 Å². The molecule has 78 heavy (non-hydrogen) atoms. The SMILES string of the molecule is OC[C@H]1O[C@H](O[C@@H]2[C@H](O[C@@H]3[C@H](O[C@@H]4[C@H](O[C@@H]5[C@H](O[C@@H]6[C@@H](O[C@@H]7C(O)O[C@H](CO)[C@@H](O)[C@@H]7O)O[C@H](CO)[C@@H](O)[C@@H]6O)O[C@H](CO)[C@@H](O)[C@@H]5O)O[C@H](CO)[C@@H](O)[C@@H]4O)O[C@H](CO)[C@@H](O)[C@@H]3O)O[C@H](CO)[C@@H](O)[C@@H]2O)[C@@H](O)[C@@H](O)[C@@H]1O. The van der Waals surface area contributed by atoms with Gasteiger partial charge < -0.3 is 179 Å². The lowest BCUT2D eigenvalue weighted by Crippen LogP contribution is -2.69. The van der Waals surface area contributed by atoms with Crippen molar-refractivity contribution in [3.63, 3.8) is 0 Å². The Morgan fingerprint density at radius 3 is 0.615 bits per heavy atom.